The number of aliphatic hydroxyl groups excluding tert-OH is 1. The standard InChI is InChI=1S/C16H16ClN5O/c1-11-6-8-12(9-7-11)22-16(19-20-21-22)18-10-15(23)13-4-2-3-5-14(13)17/h2-9,15,23H,10H2,1H3,(H,18,19,21). The molecule has 0 amide bonds. The van der Waals surface area contributed by atoms with Crippen molar-refractivity contribution in [2.45, 2.75) is 13.0 Å². The molecule has 2 N–H and O–H groups in total. The molecule has 0 aliphatic rings. The van der Waals surface area contributed by atoms with E-state index in [1.165, 1.54) is 0 Å². The molecule has 0 bridgehead atoms. The van der Waals surface area contributed by atoms with Crippen LogP contribution in [0.25, 0.3) is 5.69 Å². The third-order valence-corrected chi connectivity index (χ3v) is 3.81. The van der Waals surface area contributed by atoms with Gasteiger partial charge >= 0.3 is 0 Å². The fourth-order valence-electron chi connectivity index (χ4n) is 2.20. The van der Waals surface area contributed by atoms with Crippen LogP contribution in [0.15, 0.2) is 48.5 Å². The lowest BCUT2D eigenvalue weighted by Gasteiger charge is -2.14. The van der Waals surface area contributed by atoms with Crippen LogP contribution in [-0.2, 0) is 0 Å². The predicted octanol–water partition coefficient (Wildman–Crippen LogP) is 2.77. The Labute approximate surface area is 138 Å². The Kier molecular flexibility index (Phi) is 4.55. The van der Waals surface area contributed by atoms with E-state index in [9.17, 15) is 5.11 Å². The molecule has 0 saturated carbocycles. The zero-order valence-electron chi connectivity index (χ0n) is 12.5. The van der Waals surface area contributed by atoms with Gasteiger partial charge in [-0.25, -0.2) is 0 Å². The van der Waals surface area contributed by atoms with E-state index < -0.39 is 6.10 Å². The topological polar surface area (TPSA) is 75.9 Å². The number of nitrogens with zero attached hydrogens (tertiary/aromatic N) is 4. The molecular weight excluding hydrogens is 314 g/mol. The molecule has 1 unspecified atom stereocenters. The molecule has 0 aliphatic heterocycles. The summed E-state index contributed by atoms with van der Waals surface area (Å²) in [6, 6.07) is 15.0. The first-order chi connectivity index (χ1) is 11.1. The minimum absolute atomic E-state index is 0.246. The van der Waals surface area contributed by atoms with Crippen LogP contribution >= 0.6 is 11.6 Å². The average Bonchev–Trinajstić information content (AvgIpc) is 3.02. The summed E-state index contributed by atoms with van der Waals surface area (Å²) in [4.78, 5) is 0. The molecule has 1 atom stereocenters. The number of aryl methyl sites for hydroxylation is 1. The van der Waals surface area contributed by atoms with Gasteiger partial charge in [0.05, 0.1) is 11.8 Å². The van der Waals surface area contributed by atoms with Crippen molar-refractivity contribution in [3.8, 4) is 5.69 Å². The summed E-state index contributed by atoms with van der Waals surface area (Å²) >= 11 is 6.09. The van der Waals surface area contributed by atoms with Crippen LogP contribution in [0.3, 0.4) is 0 Å². The first kappa shape index (κ1) is 15.5. The lowest BCUT2D eigenvalue weighted by atomic mass is 10.1. The molecule has 0 fully saturated rings. The van der Waals surface area contributed by atoms with Crippen molar-refractivity contribution >= 4 is 17.5 Å². The van der Waals surface area contributed by atoms with Crippen molar-refractivity contribution in [2.75, 3.05) is 11.9 Å². The van der Waals surface area contributed by atoms with Gasteiger partial charge in [-0.3, -0.25) is 0 Å². The highest BCUT2D eigenvalue weighted by Crippen LogP contribution is 2.23. The fraction of sp³-hybridized carbons (Fsp3) is 0.188. The first-order valence-electron chi connectivity index (χ1n) is 7.17. The van der Waals surface area contributed by atoms with E-state index in [-0.39, 0.29) is 6.54 Å². The van der Waals surface area contributed by atoms with Gasteiger partial charge in [-0.2, -0.15) is 4.68 Å². The van der Waals surface area contributed by atoms with E-state index in [4.69, 9.17) is 11.6 Å². The molecule has 3 aromatic rings. The Hall–Kier alpha value is -2.44. The molecule has 7 heteroatoms. The monoisotopic (exact) mass is 329 g/mol. The third-order valence-electron chi connectivity index (χ3n) is 3.47. The second kappa shape index (κ2) is 6.76. The fourth-order valence-corrected chi connectivity index (χ4v) is 2.46. The lowest BCUT2D eigenvalue weighted by Crippen LogP contribution is -2.15. The Morgan fingerprint density at radius 1 is 1.17 bits per heavy atom. The number of hydrogen-bond acceptors (Lipinski definition) is 5. The minimum Gasteiger partial charge on any atom is -0.387 e. The van der Waals surface area contributed by atoms with Crippen LogP contribution in [0, 0.1) is 6.92 Å². The minimum atomic E-state index is -0.758. The maximum Gasteiger partial charge on any atom is 0.247 e. The summed E-state index contributed by atoms with van der Waals surface area (Å²) in [6.07, 6.45) is -0.758. The second-order valence-corrected chi connectivity index (χ2v) is 5.58. The Morgan fingerprint density at radius 2 is 1.91 bits per heavy atom. The van der Waals surface area contributed by atoms with Crippen molar-refractivity contribution in [1.29, 1.82) is 0 Å². The second-order valence-electron chi connectivity index (χ2n) is 5.17. The summed E-state index contributed by atoms with van der Waals surface area (Å²) in [6.45, 7) is 2.26. The van der Waals surface area contributed by atoms with E-state index in [1.807, 2.05) is 43.3 Å². The van der Waals surface area contributed by atoms with Gasteiger partial charge in [0, 0.05) is 17.1 Å². The zero-order valence-corrected chi connectivity index (χ0v) is 13.3. The molecule has 6 nitrogen and oxygen atoms in total. The van der Waals surface area contributed by atoms with Gasteiger partial charge in [-0.15, -0.1) is 0 Å². The number of nitrogens with one attached hydrogen (secondary N) is 1. The van der Waals surface area contributed by atoms with Crippen LogP contribution < -0.4 is 5.32 Å². The molecule has 1 aromatic heterocycles. The van der Waals surface area contributed by atoms with Gasteiger partial charge in [0.15, 0.2) is 0 Å². The van der Waals surface area contributed by atoms with Crippen LogP contribution in [0.1, 0.15) is 17.2 Å². The van der Waals surface area contributed by atoms with Crippen molar-refractivity contribution in [1.82, 2.24) is 20.2 Å². The summed E-state index contributed by atoms with van der Waals surface area (Å²) in [5, 5.41) is 25.5. The van der Waals surface area contributed by atoms with E-state index in [1.54, 1.807) is 16.8 Å². The lowest BCUT2D eigenvalue weighted by molar-refractivity contribution is 0.191. The van der Waals surface area contributed by atoms with Crippen molar-refractivity contribution < 1.29 is 5.11 Å². The van der Waals surface area contributed by atoms with E-state index in [0.29, 0.717) is 16.5 Å². The van der Waals surface area contributed by atoms with Crippen LogP contribution in [0.2, 0.25) is 5.02 Å². The van der Waals surface area contributed by atoms with Gasteiger partial charge in [-0.1, -0.05) is 52.6 Å². The summed E-state index contributed by atoms with van der Waals surface area (Å²) < 4.78 is 1.58. The number of benzene rings is 2. The molecule has 118 valence electrons. The molecule has 0 radical (unpaired) electrons. The smallest absolute Gasteiger partial charge is 0.247 e. The van der Waals surface area contributed by atoms with Gasteiger partial charge in [0.1, 0.15) is 0 Å². The van der Waals surface area contributed by atoms with E-state index in [2.05, 4.69) is 20.8 Å². The summed E-state index contributed by atoms with van der Waals surface area (Å²) in [7, 11) is 0. The largest absolute Gasteiger partial charge is 0.387 e. The highest BCUT2D eigenvalue weighted by Gasteiger charge is 2.13. The number of rotatable bonds is 5. The average molecular weight is 330 g/mol. The van der Waals surface area contributed by atoms with Crippen LogP contribution in [0.5, 0.6) is 0 Å². The van der Waals surface area contributed by atoms with E-state index in [0.717, 1.165) is 11.3 Å². The van der Waals surface area contributed by atoms with Gasteiger partial charge in [0.2, 0.25) is 5.95 Å². The number of halogens is 1. The third kappa shape index (κ3) is 3.49. The molecular formula is C16H16ClN5O. The molecule has 0 spiro atoms. The van der Waals surface area contributed by atoms with Gasteiger partial charge < -0.3 is 10.4 Å². The Morgan fingerprint density at radius 3 is 2.65 bits per heavy atom. The Bertz CT molecular complexity index is 787. The summed E-state index contributed by atoms with van der Waals surface area (Å²) in [5.41, 5.74) is 2.66. The number of tetrazole rings is 1. The molecule has 23 heavy (non-hydrogen) atoms. The number of aromatic nitrogens is 4. The molecule has 0 saturated heterocycles. The van der Waals surface area contributed by atoms with Crippen molar-refractivity contribution in [3.63, 3.8) is 0 Å². The van der Waals surface area contributed by atoms with Crippen molar-refractivity contribution in [3.05, 3.63) is 64.7 Å². The quantitative estimate of drug-likeness (QED) is 0.752. The number of anilines is 1. The van der Waals surface area contributed by atoms with Crippen molar-refractivity contribution in [2.24, 2.45) is 0 Å². The SMILES string of the molecule is Cc1ccc(-n2nnnc2NCC(O)c2ccccc2Cl)cc1. The highest BCUT2D eigenvalue weighted by atomic mass is 35.5. The first-order valence-corrected chi connectivity index (χ1v) is 7.55. The zero-order chi connectivity index (χ0) is 16.2. The van der Waals surface area contributed by atoms with Gasteiger partial charge in [-0.05, 0) is 35.5 Å². The molecule has 0 aliphatic carbocycles. The molecule has 3 rings (SSSR count). The van der Waals surface area contributed by atoms with E-state index >= 15 is 0 Å². The number of hydrogen-bond donors (Lipinski definition) is 2. The highest BCUT2D eigenvalue weighted by molar-refractivity contribution is 6.31. The van der Waals surface area contributed by atoms with Gasteiger partial charge in [0.25, 0.3) is 0 Å². The Balaban J connectivity index is 1.73. The molecule has 1 heterocycles. The van der Waals surface area contributed by atoms with Crippen LogP contribution in [-0.4, -0.2) is 31.9 Å². The maximum atomic E-state index is 10.3. The summed E-state index contributed by atoms with van der Waals surface area (Å²) in [5.74, 6) is 0.458. The maximum absolute atomic E-state index is 10.3. The molecule has 2 aromatic carbocycles. The van der Waals surface area contributed by atoms with Crippen LogP contribution in [0.4, 0.5) is 5.95 Å². The predicted molar refractivity (Wildman–Crippen MR) is 88.8 cm³/mol. The normalized spacial score (nSPS) is 12.1. The number of aliphatic hydroxyl groups is 1.